The molecule has 0 aliphatic heterocycles. The minimum absolute atomic E-state index is 0. The normalized spacial score (nSPS) is 20.0. The van der Waals surface area contributed by atoms with Crippen LogP contribution in [0.15, 0.2) is 53.9 Å². The van der Waals surface area contributed by atoms with Crippen molar-refractivity contribution >= 4 is 22.4 Å². The van der Waals surface area contributed by atoms with Crippen molar-refractivity contribution in [2.45, 2.75) is 77.0 Å². The van der Waals surface area contributed by atoms with Crippen LogP contribution in [0.5, 0.6) is 5.75 Å². The van der Waals surface area contributed by atoms with E-state index in [1.165, 1.54) is 25.7 Å². The molecule has 0 saturated heterocycles. The summed E-state index contributed by atoms with van der Waals surface area (Å²) < 4.78 is 6.23. The van der Waals surface area contributed by atoms with Gasteiger partial charge >= 0.3 is 35.5 Å². The predicted molar refractivity (Wildman–Crippen MR) is 143 cm³/mol. The molecule has 186 valence electrons. The van der Waals surface area contributed by atoms with Crippen LogP contribution in [0, 0.1) is 5.92 Å². The fourth-order valence-corrected chi connectivity index (χ4v) is 6.25. The van der Waals surface area contributed by atoms with Crippen LogP contribution >= 0.6 is 11.3 Å². The van der Waals surface area contributed by atoms with Crippen LogP contribution in [0.3, 0.4) is 0 Å². The molecular weight excluding hydrogens is 479 g/mol. The maximum absolute atomic E-state index is 11.4. The Balaban J connectivity index is 0.00000190. The van der Waals surface area contributed by atoms with Gasteiger partial charge in [0.2, 0.25) is 0 Å². The molecule has 5 rings (SSSR count). The molecule has 36 heavy (non-hydrogen) atoms. The third-order valence-corrected chi connectivity index (χ3v) is 8.32. The van der Waals surface area contributed by atoms with Crippen molar-refractivity contribution in [2.75, 3.05) is 4.90 Å². The number of benzene rings is 2. The number of nitrogens with zero attached hydrogens (tertiary/aromatic N) is 2. The van der Waals surface area contributed by atoms with Gasteiger partial charge in [-0.25, -0.2) is 9.78 Å². The summed E-state index contributed by atoms with van der Waals surface area (Å²) in [5.41, 5.74) is 3.41. The summed E-state index contributed by atoms with van der Waals surface area (Å²) >= 11 is 1.67. The van der Waals surface area contributed by atoms with Crippen molar-refractivity contribution in [1.82, 2.24) is 4.98 Å². The molecule has 0 unspecified atom stereocenters. The predicted octanol–water partition coefficient (Wildman–Crippen LogP) is 4.53. The number of thiazole rings is 1. The molecule has 1 aromatic heterocycles. The average molecular weight is 515 g/mol. The minimum atomic E-state index is -0.888. The third kappa shape index (κ3) is 6.71. The van der Waals surface area contributed by atoms with E-state index in [-0.39, 0.29) is 31.0 Å². The summed E-state index contributed by atoms with van der Waals surface area (Å²) in [6.45, 7) is 3.00. The first kappa shape index (κ1) is 27.2. The van der Waals surface area contributed by atoms with Gasteiger partial charge in [-0.15, -0.1) is 11.3 Å². The first-order valence-corrected chi connectivity index (χ1v) is 13.7. The Kier molecular flexibility index (Phi) is 9.51. The largest absolute Gasteiger partial charge is 1.00 e. The maximum Gasteiger partial charge on any atom is 1.00 e. The molecule has 5 nitrogen and oxygen atoms in total. The van der Waals surface area contributed by atoms with Crippen LogP contribution in [0.4, 0.5) is 5.13 Å². The van der Waals surface area contributed by atoms with Crippen LogP contribution in [0.2, 0.25) is 0 Å². The van der Waals surface area contributed by atoms with Crippen molar-refractivity contribution in [2.24, 2.45) is 5.92 Å². The number of carbonyl (C=O) groups is 1. The summed E-state index contributed by atoms with van der Waals surface area (Å²) in [7, 11) is 0. The molecule has 7 heteroatoms. The van der Waals surface area contributed by atoms with E-state index in [2.05, 4.69) is 41.5 Å². The van der Waals surface area contributed by atoms with Crippen LogP contribution in [0.25, 0.3) is 11.3 Å². The molecule has 0 spiro atoms. The zero-order valence-corrected chi connectivity index (χ0v) is 24.2. The Labute approximate surface area is 241 Å². The van der Waals surface area contributed by atoms with Crippen LogP contribution in [0.1, 0.15) is 75.6 Å². The standard InChI is InChI=1S/C29H34N2O3S.Na.H/c1-20-9-13-25(14-10-20)34-26-15-11-22(12-16-26)27-19-35-29(30-27)31(24-7-2-3-8-24)18-21-5-4-6-23(17-21)28(32)33;;/h4-6,11-12,15-17,19-20,24-25H,2-3,7-10,13-14,18H2,1H3,(H,32,33);;/q;+1;-1. The van der Waals surface area contributed by atoms with E-state index in [0.29, 0.717) is 24.3 Å². The number of hydrogen-bond donors (Lipinski definition) is 1. The van der Waals surface area contributed by atoms with Crippen molar-refractivity contribution < 1.29 is 45.6 Å². The van der Waals surface area contributed by atoms with E-state index in [1.807, 2.05) is 12.1 Å². The van der Waals surface area contributed by atoms with Gasteiger partial charge in [0.25, 0.3) is 0 Å². The van der Waals surface area contributed by atoms with Gasteiger partial charge in [0.1, 0.15) is 5.75 Å². The number of carboxylic acids is 1. The maximum atomic E-state index is 11.4. The minimum Gasteiger partial charge on any atom is -1.00 e. The van der Waals surface area contributed by atoms with E-state index >= 15 is 0 Å². The molecule has 2 saturated carbocycles. The fraction of sp³-hybridized carbons (Fsp3) is 0.448. The van der Waals surface area contributed by atoms with Crippen LogP contribution in [-0.4, -0.2) is 28.2 Å². The smallest absolute Gasteiger partial charge is 1.00 e. The Morgan fingerprint density at radius 2 is 1.81 bits per heavy atom. The first-order chi connectivity index (χ1) is 17.0. The average Bonchev–Trinajstić information content (AvgIpc) is 3.58. The zero-order valence-electron chi connectivity index (χ0n) is 22.4. The number of carboxylic acid groups (broad SMARTS) is 1. The second kappa shape index (κ2) is 12.6. The summed E-state index contributed by atoms with van der Waals surface area (Å²) in [4.78, 5) is 18.8. The van der Waals surface area contributed by atoms with Crippen molar-refractivity contribution in [1.29, 1.82) is 0 Å². The molecule has 2 aliphatic rings. The van der Waals surface area contributed by atoms with E-state index in [9.17, 15) is 9.90 Å². The Morgan fingerprint density at radius 1 is 1.08 bits per heavy atom. The monoisotopic (exact) mass is 514 g/mol. The molecule has 2 aromatic carbocycles. The zero-order chi connectivity index (χ0) is 24.2. The molecule has 0 atom stereocenters. The van der Waals surface area contributed by atoms with Crippen molar-refractivity contribution in [3.63, 3.8) is 0 Å². The third-order valence-electron chi connectivity index (χ3n) is 7.45. The number of aromatic nitrogens is 1. The Bertz CT molecular complexity index is 1140. The van der Waals surface area contributed by atoms with Gasteiger partial charge in [-0.3, -0.25) is 0 Å². The first-order valence-electron chi connectivity index (χ1n) is 12.9. The second-order valence-corrected chi connectivity index (χ2v) is 10.9. The van der Waals surface area contributed by atoms with E-state index in [1.54, 1.807) is 23.5 Å². The SMILES string of the molecule is CC1CCC(Oc2ccc(-c3csc(N(Cc4cccc(C(=O)O)c4)C4CCCC4)n3)cc2)CC1.[H-].[Na+]. The van der Waals surface area contributed by atoms with Crippen molar-refractivity contribution in [3.05, 3.63) is 65.0 Å². The molecule has 2 fully saturated rings. The molecule has 0 radical (unpaired) electrons. The van der Waals surface area contributed by atoms with Gasteiger partial charge in [0.15, 0.2) is 5.13 Å². The molecule has 1 heterocycles. The van der Waals surface area contributed by atoms with Gasteiger partial charge in [-0.1, -0.05) is 31.9 Å². The number of aromatic carboxylic acids is 1. The number of ether oxygens (including phenoxy) is 1. The van der Waals surface area contributed by atoms with E-state index in [0.717, 1.165) is 59.3 Å². The summed E-state index contributed by atoms with van der Waals surface area (Å²) in [5.74, 6) is 0.872. The van der Waals surface area contributed by atoms with Crippen LogP contribution < -0.4 is 39.2 Å². The molecule has 0 bridgehead atoms. The fourth-order valence-electron chi connectivity index (χ4n) is 5.34. The number of anilines is 1. The Morgan fingerprint density at radius 3 is 2.50 bits per heavy atom. The van der Waals surface area contributed by atoms with Gasteiger partial charge in [0.05, 0.1) is 17.4 Å². The van der Waals surface area contributed by atoms with Gasteiger partial charge in [-0.05, 0) is 86.4 Å². The quantitative estimate of drug-likeness (QED) is 0.448. The van der Waals surface area contributed by atoms with E-state index in [4.69, 9.17) is 9.72 Å². The summed E-state index contributed by atoms with van der Waals surface area (Å²) in [6, 6.07) is 16.1. The second-order valence-electron chi connectivity index (χ2n) is 10.1. The molecule has 0 amide bonds. The van der Waals surface area contributed by atoms with Gasteiger partial charge in [0, 0.05) is 23.5 Å². The number of hydrogen-bond acceptors (Lipinski definition) is 5. The topological polar surface area (TPSA) is 62.7 Å². The molecular formula is C29H35N2NaO3S. The van der Waals surface area contributed by atoms with Gasteiger partial charge in [-0.2, -0.15) is 0 Å². The Hall–Kier alpha value is -1.86. The molecule has 2 aliphatic carbocycles. The molecule has 3 aromatic rings. The summed E-state index contributed by atoms with van der Waals surface area (Å²) in [6.07, 6.45) is 9.90. The number of rotatable bonds is 8. The summed E-state index contributed by atoms with van der Waals surface area (Å²) in [5, 5.41) is 12.5. The van der Waals surface area contributed by atoms with Gasteiger partial charge < -0.3 is 16.2 Å². The van der Waals surface area contributed by atoms with E-state index < -0.39 is 5.97 Å². The van der Waals surface area contributed by atoms with Crippen molar-refractivity contribution in [3.8, 4) is 17.0 Å². The molecule has 1 N–H and O–H groups in total. The van der Waals surface area contributed by atoms with Crippen LogP contribution in [-0.2, 0) is 6.54 Å².